The first-order valence-electron chi connectivity index (χ1n) is 6.85. The molecule has 0 saturated carbocycles. The van der Waals surface area contributed by atoms with Crippen LogP contribution < -0.4 is 4.74 Å². The number of carboxylic acid groups (broad SMARTS) is 1. The highest BCUT2D eigenvalue weighted by atomic mass is 79.9. The van der Waals surface area contributed by atoms with Crippen LogP contribution in [0.4, 0.5) is 0 Å². The molecule has 1 aromatic carbocycles. The van der Waals surface area contributed by atoms with Gasteiger partial charge in [0, 0.05) is 13.1 Å². The van der Waals surface area contributed by atoms with Crippen molar-refractivity contribution in [3.63, 3.8) is 0 Å². The smallest absolute Gasteiger partial charge is 0.308 e. The van der Waals surface area contributed by atoms with Crippen molar-refractivity contribution in [3.05, 3.63) is 28.7 Å². The van der Waals surface area contributed by atoms with Crippen LogP contribution in [-0.2, 0) is 9.59 Å². The van der Waals surface area contributed by atoms with E-state index in [1.807, 2.05) is 25.1 Å². The number of nitrogens with zero attached hydrogens (tertiary/aromatic N) is 1. The van der Waals surface area contributed by atoms with Gasteiger partial charge in [0.05, 0.1) is 10.4 Å². The number of halogens is 1. The number of rotatable bonds is 4. The van der Waals surface area contributed by atoms with Crippen molar-refractivity contribution in [2.24, 2.45) is 11.8 Å². The van der Waals surface area contributed by atoms with Crippen molar-refractivity contribution in [2.45, 2.75) is 13.3 Å². The molecule has 1 N–H and O–H groups in total. The number of ether oxygens (including phenoxy) is 1. The van der Waals surface area contributed by atoms with Crippen molar-refractivity contribution >= 4 is 27.8 Å². The largest absolute Gasteiger partial charge is 0.483 e. The van der Waals surface area contributed by atoms with Gasteiger partial charge in [0.1, 0.15) is 5.75 Å². The van der Waals surface area contributed by atoms with E-state index in [1.54, 1.807) is 11.0 Å². The first kappa shape index (κ1) is 15.8. The van der Waals surface area contributed by atoms with E-state index in [4.69, 9.17) is 9.84 Å². The van der Waals surface area contributed by atoms with Gasteiger partial charge in [-0.3, -0.25) is 9.59 Å². The van der Waals surface area contributed by atoms with Crippen LogP contribution in [0, 0.1) is 11.8 Å². The van der Waals surface area contributed by atoms with Gasteiger partial charge in [-0.15, -0.1) is 0 Å². The van der Waals surface area contributed by atoms with Crippen molar-refractivity contribution < 1.29 is 19.4 Å². The SMILES string of the molecule is CC1CC(C(=O)O)CN(C(=O)COc2ccccc2Br)C1. The molecule has 2 unspecified atom stereocenters. The van der Waals surface area contributed by atoms with Gasteiger partial charge in [-0.25, -0.2) is 0 Å². The first-order valence-corrected chi connectivity index (χ1v) is 7.64. The van der Waals surface area contributed by atoms with Crippen molar-refractivity contribution in [2.75, 3.05) is 19.7 Å². The predicted molar refractivity (Wildman–Crippen MR) is 81.1 cm³/mol. The van der Waals surface area contributed by atoms with Crippen LogP contribution in [0.15, 0.2) is 28.7 Å². The van der Waals surface area contributed by atoms with Gasteiger partial charge in [-0.2, -0.15) is 0 Å². The van der Waals surface area contributed by atoms with E-state index in [1.165, 1.54) is 0 Å². The molecule has 5 nitrogen and oxygen atoms in total. The van der Waals surface area contributed by atoms with Gasteiger partial charge >= 0.3 is 5.97 Å². The van der Waals surface area contributed by atoms with Gasteiger partial charge in [0.2, 0.25) is 0 Å². The lowest BCUT2D eigenvalue weighted by atomic mass is 9.90. The molecule has 2 rings (SSSR count). The molecule has 0 radical (unpaired) electrons. The average molecular weight is 356 g/mol. The maximum absolute atomic E-state index is 12.2. The Balaban J connectivity index is 1.93. The number of hydrogen-bond donors (Lipinski definition) is 1. The lowest BCUT2D eigenvalue weighted by Gasteiger charge is -2.34. The Hall–Kier alpha value is -1.56. The fraction of sp³-hybridized carbons (Fsp3) is 0.467. The Morgan fingerprint density at radius 1 is 1.38 bits per heavy atom. The number of aliphatic carboxylic acids is 1. The zero-order valence-corrected chi connectivity index (χ0v) is 13.4. The van der Waals surface area contributed by atoms with Crippen LogP contribution in [0.1, 0.15) is 13.3 Å². The van der Waals surface area contributed by atoms with Crippen LogP contribution in [0.25, 0.3) is 0 Å². The van der Waals surface area contributed by atoms with Crippen molar-refractivity contribution in [1.29, 1.82) is 0 Å². The molecular formula is C15H18BrNO4. The summed E-state index contributed by atoms with van der Waals surface area (Å²) in [4.78, 5) is 24.9. The Kier molecular flexibility index (Phi) is 5.22. The molecule has 1 aliphatic rings. The zero-order valence-electron chi connectivity index (χ0n) is 11.8. The number of para-hydroxylation sites is 1. The second kappa shape index (κ2) is 6.93. The molecule has 2 atom stereocenters. The Labute approximate surface area is 132 Å². The minimum atomic E-state index is -0.842. The maximum Gasteiger partial charge on any atom is 0.308 e. The van der Waals surface area contributed by atoms with Gasteiger partial charge in [-0.1, -0.05) is 19.1 Å². The standard InChI is InChI=1S/C15H18BrNO4/c1-10-6-11(15(19)20)8-17(7-10)14(18)9-21-13-5-3-2-4-12(13)16/h2-5,10-11H,6-9H2,1H3,(H,19,20). The number of hydrogen-bond acceptors (Lipinski definition) is 3. The predicted octanol–water partition coefficient (Wildman–Crippen LogP) is 2.40. The summed E-state index contributed by atoms with van der Waals surface area (Å²) in [5.74, 6) is -0.714. The highest BCUT2D eigenvalue weighted by Crippen LogP contribution is 2.25. The van der Waals surface area contributed by atoms with E-state index in [2.05, 4.69) is 15.9 Å². The van der Waals surface area contributed by atoms with Gasteiger partial charge in [-0.05, 0) is 40.4 Å². The molecule has 21 heavy (non-hydrogen) atoms. The van der Waals surface area contributed by atoms with Crippen LogP contribution in [0.5, 0.6) is 5.75 Å². The number of carbonyl (C=O) groups is 2. The summed E-state index contributed by atoms with van der Waals surface area (Å²) in [5, 5.41) is 9.12. The van der Waals surface area contributed by atoms with E-state index >= 15 is 0 Å². The number of likely N-dealkylation sites (tertiary alicyclic amines) is 1. The lowest BCUT2D eigenvalue weighted by Crippen LogP contribution is -2.47. The lowest BCUT2D eigenvalue weighted by molar-refractivity contribution is -0.147. The minimum Gasteiger partial charge on any atom is -0.483 e. The Bertz CT molecular complexity index is 534. The summed E-state index contributed by atoms with van der Waals surface area (Å²) in [5.41, 5.74) is 0. The normalized spacial score (nSPS) is 21.9. The topological polar surface area (TPSA) is 66.8 Å². The van der Waals surface area contributed by atoms with E-state index in [-0.39, 0.29) is 25.0 Å². The van der Waals surface area contributed by atoms with Crippen LogP contribution in [0.2, 0.25) is 0 Å². The molecule has 1 fully saturated rings. The van der Waals surface area contributed by atoms with Crippen LogP contribution in [0.3, 0.4) is 0 Å². The minimum absolute atomic E-state index is 0.0817. The molecule has 1 aromatic rings. The van der Waals surface area contributed by atoms with Crippen molar-refractivity contribution in [3.8, 4) is 5.75 Å². The molecule has 1 saturated heterocycles. The average Bonchev–Trinajstić information content (AvgIpc) is 2.45. The fourth-order valence-corrected chi connectivity index (χ4v) is 2.93. The molecule has 0 aromatic heterocycles. The molecule has 1 aliphatic heterocycles. The van der Waals surface area contributed by atoms with Gasteiger partial charge < -0.3 is 14.7 Å². The molecule has 0 bridgehead atoms. The quantitative estimate of drug-likeness (QED) is 0.900. The molecule has 0 aliphatic carbocycles. The third-order valence-electron chi connectivity index (χ3n) is 3.55. The summed E-state index contributed by atoms with van der Waals surface area (Å²) in [6.07, 6.45) is 0.615. The van der Waals surface area contributed by atoms with Gasteiger partial charge in [0.15, 0.2) is 6.61 Å². The highest BCUT2D eigenvalue weighted by molar-refractivity contribution is 9.10. The second-order valence-electron chi connectivity index (χ2n) is 5.39. The molecule has 6 heteroatoms. The van der Waals surface area contributed by atoms with E-state index in [9.17, 15) is 9.59 Å². The molecular weight excluding hydrogens is 338 g/mol. The zero-order chi connectivity index (χ0) is 15.4. The van der Waals surface area contributed by atoms with E-state index in [0.717, 1.165) is 4.47 Å². The summed E-state index contributed by atoms with van der Waals surface area (Å²) in [6, 6.07) is 7.30. The Morgan fingerprint density at radius 3 is 2.76 bits per heavy atom. The van der Waals surface area contributed by atoms with Crippen LogP contribution in [-0.4, -0.2) is 41.6 Å². The molecule has 114 valence electrons. The third kappa shape index (κ3) is 4.20. The number of benzene rings is 1. The Morgan fingerprint density at radius 2 is 2.10 bits per heavy atom. The van der Waals surface area contributed by atoms with Crippen molar-refractivity contribution in [1.82, 2.24) is 4.90 Å². The molecule has 1 heterocycles. The number of carbonyl (C=O) groups excluding carboxylic acids is 1. The number of piperidine rings is 1. The number of carboxylic acids is 1. The van der Waals surface area contributed by atoms with E-state index < -0.39 is 11.9 Å². The molecule has 0 spiro atoms. The third-order valence-corrected chi connectivity index (χ3v) is 4.20. The maximum atomic E-state index is 12.2. The fourth-order valence-electron chi connectivity index (χ4n) is 2.53. The molecule has 1 amide bonds. The summed E-state index contributed by atoms with van der Waals surface area (Å²) in [7, 11) is 0. The monoisotopic (exact) mass is 355 g/mol. The van der Waals surface area contributed by atoms with Gasteiger partial charge in [0.25, 0.3) is 5.91 Å². The number of amides is 1. The summed E-state index contributed by atoms with van der Waals surface area (Å²) < 4.78 is 6.28. The van der Waals surface area contributed by atoms with Crippen LogP contribution >= 0.6 is 15.9 Å². The second-order valence-corrected chi connectivity index (χ2v) is 6.25. The first-order chi connectivity index (χ1) is 9.97. The highest BCUT2D eigenvalue weighted by Gasteiger charge is 2.31. The van der Waals surface area contributed by atoms with E-state index in [0.29, 0.717) is 18.7 Å². The summed E-state index contributed by atoms with van der Waals surface area (Å²) >= 11 is 3.35. The summed E-state index contributed by atoms with van der Waals surface area (Å²) in [6.45, 7) is 2.73.